The molecule has 0 aromatic heterocycles. The zero-order valence-corrected chi connectivity index (χ0v) is 8.68. The van der Waals surface area contributed by atoms with E-state index < -0.39 is 12.0 Å². The van der Waals surface area contributed by atoms with Crippen molar-refractivity contribution in [1.29, 1.82) is 0 Å². The number of anilines is 1. The van der Waals surface area contributed by atoms with E-state index in [2.05, 4.69) is 10.3 Å². The number of carbonyl (C=O) groups is 1. The zero-order chi connectivity index (χ0) is 11.1. The molecule has 2 atom stereocenters. The van der Waals surface area contributed by atoms with Gasteiger partial charge in [0, 0.05) is 24.4 Å². The van der Waals surface area contributed by atoms with Crippen molar-refractivity contribution >= 4 is 17.9 Å². The minimum Gasteiger partial charge on any atom is -0.480 e. The number of aliphatic carboxylic acids is 1. The molecule has 0 saturated heterocycles. The molecule has 1 aromatic carbocycles. The van der Waals surface area contributed by atoms with Crippen molar-refractivity contribution in [1.82, 2.24) is 0 Å². The Labute approximate surface area is 93.0 Å². The fourth-order valence-electron chi connectivity index (χ4n) is 2.59. The van der Waals surface area contributed by atoms with E-state index in [1.54, 1.807) is 0 Å². The monoisotopic (exact) mass is 216 g/mol. The Bertz CT molecular complexity index is 482. The highest BCUT2D eigenvalue weighted by atomic mass is 16.4. The van der Waals surface area contributed by atoms with Gasteiger partial charge in [-0.1, -0.05) is 12.1 Å². The third kappa shape index (κ3) is 1.23. The van der Waals surface area contributed by atoms with Crippen LogP contribution in [0.25, 0.3) is 0 Å². The Morgan fingerprint density at radius 3 is 3.19 bits per heavy atom. The van der Waals surface area contributed by atoms with Gasteiger partial charge in [0.15, 0.2) is 0 Å². The maximum Gasteiger partial charge on any atom is 0.326 e. The van der Waals surface area contributed by atoms with Gasteiger partial charge in [-0.25, -0.2) is 4.79 Å². The molecule has 2 heterocycles. The van der Waals surface area contributed by atoms with Crippen LogP contribution in [0.5, 0.6) is 0 Å². The number of carboxylic acid groups (broad SMARTS) is 1. The molecule has 3 rings (SSSR count). The highest BCUT2D eigenvalue weighted by Crippen LogP contribution is 2.40. The van der Waals surface area contributed by atoms with E-state index in [9.17, 15) is 9.90 Å². The van der Waals surface area contributed by atoms with Gasteiger partial charge in [0.25, 0.3) is 0 Å². The van der Waals surface area contributed by atoms with Crippen molar-refractivity contribution in [3.63, 3.8) is 0 Å². The summed E-state index contributed by atoms with van der Waals surface area (Å²) in [7, 11) is 0. The zero-order valence-electron chi connectivity index (χ0n) is 8.68. The normalized spacial score (nSPS) is 25.8. The first-order valence-electron chi connectivity index (χ1n) is 5.39. The van der Waals surface area contributed by atoms with E-state index in [4.69, 9.17) is 0 Å². The molecule has 4 heteroatoms. The largest absolute Gasteiger partial charge is 0.480 e. The lowest BCUT2D eigenvalue weighted by atomic mass is 9.89. The predicted octanol–water partition coefficient (Wildman–Crippen LogP) is 1.47. The maximum atomic E-state index is 11.2. The van der Waals surface area contributed by atoms with E-state index in [1.165, 1.54) is 0 Å². The number of aliphatic imine (C=N–C) groups is 1. The number of hydrogen-bond acceptors (Lipinski definition) is 3. The van der Waals surface area contributed by atoms with Crippen molar-refractivity contribution in [3.05, 3.63) is 29.3 Å². The molecule has 2 aliphatic heterocycles. The van der Waals surface area contributed by atoms with Gasteiger partial charge in [0.1, 0.15) is 6.04 Å². The molecular formula is C12H12N2O2. The van der Waals surface area contributed by atoms with Gasteiger partial charge in [0.05, 0.1) is 0 Å². The molecule has 2 aliphatic rings. The summed E-state index contributed by atoms with van der Waals surface area (Å²) < 4.78 is 0. The van der Waals surface area contributed by atoms with Crippen LogP contribution in [0.2, 0.25) is 0 Å². The summed E-state index contributed by atoms with van der Waals surface area (Å²) in [6, 6.07) is 5.36. The molecule has 4 nitrogen and oxygen atoms in total. The van der Waals surface area contributed by atoms with E-state index in [0.29, 0.717) is 6.54 Å². The van der Waals surface area contributed by atoms with Gasteiger partial charge in [-0.3, -0.25) is 4.99 Å². The standard InChI is InChI=1S/C12H12N2O2/c15-12(16)11-8-4-5-13-6-7-2-1-3-9(14-11)10(7)8/h1-3,6,8,11,14H,4-5H2,(H,15,16). The fraction of sp³-hybridized carbons (Fsp3) is 0.333. The number of nitrogens with zero attached hydrogens (tertiary/aromatic N) is 1. The summed E-state index contributed by atoms with van der Waals surface area (Å²) >= 11 is 0. The van der Waals surface area contributed by atoms with Gasteiger partial charge in [-0.05, 0) is 23.6 Å². The fourth-order valence-corrected chi connectivity index (χ4v) is 2.59. The van der Waals surface area contributed by atoms with Gasteiger partial charge in [-0.2, -0.15) is 0 Å². The van der Waals surface area contributed by atoms with Gasteiger partial charge < -0.3 is 10.4 Å². The first-order valence-corrected chi connectivity index (χ1v) is 5.39. The molecule has 2 unspecified atom stereocenters. The maximum absolute atomic E-state index is 11.2. The van der Waals surface area contributed by atoms with Gasteiger partial charge in [-0.15, -0.1) is 0 Å². The highest BCUT2D eigenvalue weighted by molar-refractivity contribution is 5.90. The lowest BCUT2D eigenvalue weighted by Crippen LogP contribution is -2.30. The summed E-state index contributed by atoms with van der Waals surface area (Å²) in [5.41, 5.74) is 3.12. The molecule has 16 heavy (non-hydrogen) atoms. The highest BCUT2D eigenvalue weighted by Gasteiger charge is 2.38. The average Bonchev–Trinajstić information content (AvgIpc) is 2.50. The second kappa shape index (κ2) is 3.33. The van der Waals surface area contributed by atoms with Crippen LogP contribution < -0.4 is 5.32 Å². The predicted molar refractivity (Wildman–Crippen MR) is 61.3 cm³/mol. The van der Waals surface area contributed by atoms with Crippen molar-refractivity contribution in [2.24, 2.45) is 4.99 Å². The molecule has 0 aliphatic carbocycles. The Morgan fingerprint density at radius 1 is 1.50 bits per heavy atom. The quantitative estimate of drug-likeness (QED) is 0.747. The number of hydrogen-bond donors (Lipinski definition) is 2. The Hall–Kier alpha value is -1.84. The summed E-state index contributed by atoms with van der Waals surface area (Å²) in [5.74, 6) is -0.736. The number of benzene rings is 1. The summed E-state index contributed by atoms with van der Waals surface area (Å²) in [4.78, 5) is 15.5. The van der Waals surface area contributed by atoms with Crippen molar-refractivity contribution in [3.8, 4) is 0 Å². The van der Waals surface area contributed by atoms with E-state index in [1.807, 2.05) is 24.4 Å². The number of rotatable bonds is 1. The van der Waals surface area contributed by atoms with Crippen LogP contribution in [-0.2, 0) is 4.79 Å². The van der Waals surface area contributed by atoms with Crippen LogP contribution in [0, 0.1) is 0 Å². The molecule has 1 aromatic rings. The van der Waals surface area contributed by atoms with Crippen molar-refractivity contribution < 1.29 is 9.90 Å². The molecule has 0 radical (unpaired) electrons. The topological polar surface area (TPSA) is 61.7 Å². The van der Waals surface area contributed by atoms with Crippen molar-refractivity contribution in [2.75, 3.05) is 11.9 Å². The Balaban J connectivity index is 2.14. The Kier molecular flexibility index (Phi) is 1.96. The van der Waals surface area contributed by atoms with E-state index >= 15 is 0 Å². The van der Waals surface area contributed by atoms with Crippen LogP contribution in [0.1, 0.15) is 23.5 Å². The lowest BCUT2D eigenvalue weighted by molar-refractivity contribution is -0.138. The molecule has 0 amide bonds. The third-order valence-electron chi connectivity index (χ3n) is 3.29. The van der Waals surface area contributed by atoms with Crippen LogP contribution >= 0.6 is 0 Å². The smallest absolute Gasteiger partial charge is 0.326 e. The summed E-state index contributed by atoms with van der Waals surface area (Å²) in [5, 5.41) is 12.3. The molecule has 2 N–H and O–H groups in total. The second-order valence-corrected chi connectivity index (χ2v) is 4.20. The minimum absolute atomic E-state index is 0.0474. The Morgan fingerprint density at radius 2 is 2.38 bits per heavy atom. The third-order valence-corrected chi connectivity index (χ3v) is 3.29. The van der Waals surface area contributed by atoms with Gasteiger partial charge >= 0.3 is 5.97 Å². The van der Waals surface area contributed by atoms with Crippen LogP contribution in [-0.4, -0.2) is 29.9 Å². The number of nitrogens with one attached hydrogen (secondary N) is 1. The SMILES string of the molecule is O=C(O)C1Nc2cccc3c2C1CCN=C3. The first kappa shape index (κ1) is 9.39. The van der Waals surface area contributed by atoms with Crippen LogP contribution in [0.3, 0.4) is 0 Å². The average molecular weight is 216 g/mol. The molecule has 0 saturated carbocycles. The first-order chi connectivity index (χ1) is 7.77. The van der Waals surface area contributed by atoms with Crippen LogP contribution in [0.4, 0.5) is 5.69 Å². The van der Waals surface area contributed by atoms with E-state index in [0.717, 1.165) is 23.2 Å². The molecular weight excluding hydrogens is 204 g/mol. The van der Waals surface area contributed by atoms with Gasteiger partial charge in [0.2, 0.25) is 0 Å². The minimum atomic E-state index is -0.783. The molecule has 82 valence electrons. The second-order valence-electron chi connectivity index (χ2n) is 4.20. The lowest BCUT2D eigenvalue weighted by Gasteiger charge is -2.14. The molecule has 0 spiro atoms. The van der Waals surface area contributed by atoms with Crippen molar-refractivity contribution in [2.45, 2.75) is 18.4 Å². The van der Waals surface area contributed by atoms with E-state index in [-0.39, 0.29) is 5.92 Å². The summed E-state index contributed by atoms with van der Waals surface area (Å²) in [6.45, 7) is 0.699. The number of carboxylic acids is 1. The summed E-state index contributed by atoms with van der Waals surface area (Å²) in [6.07, 6.45) is 2.65. The molecule has 0 bridgehead atoms. The van der Waals surface area contributed by atoms with Crippen LogP contribution in [0.15, 0.2) is 23.2 Å². The molecule has 0 fully saturated rings.